The summed E-state index contributed by atoms with van der Waals surface area (Å²) >= 11 is 0. The molecule has 0 saturated carbocycles. The van der Waals surface area contributed by atoms with Crippen molar-refractivity contribution in [1.82, 2.24) is 0 Å². The molecule has 0 bridgehead atoms. The SMILES string of the molecule is C=CCOCC=C.CC1(C(c2ccc(O)cc2)c2ccc(O)cc2)C=CC=CC1. The Morgan fingerprint density at radius 1 is 0.897 bits per heavy atom. The third-order valence-corrected chi connectivity index (χ3v) is 4.87. The van der Waals surface area contributed by atoms with E-state index in [1.54, 1.807) is 36.4 Å². The zero-order valence-electron chi connectivity index (χ0n) is 17.0. The number of allylic oxidation sites excluding steroid dienone is 4. The van der Waals surface area contributed by atoms with Crippen molar-refractivity contribution in [2.45, 2.75) is 19.3 Å². The molecule has 29 heavy (non-hydrogen) atoms. The number of benzene rings is 2. The Hall–Kier alpha value is -3.04. The van der Waals surface area contributed by atoms with Gasteiger partial charge < -0.3 is 14.9 Å². The van der Waals surface area contributed by atoms with E-state index in [0.717, 1.165) is 17.5 Å². The summed E-state index contributed by atoms with van der Waals surface area (Å²) in [6, 6.07) is 14.8. The summed E-state index contributed by atoms with van der Waals surface area (Å²) < 4.78 is 4.90. The minimum absolute atomic E-state index is 0.0390. The maximum Gasteiger partial charge on any atom is 0.115 e. The molecule has 0 radical (unpaired) electrons. The molecule has 0 heterocycles. The topological polar surface area (TPSA) is 49.7 Å². The van der Waals surface area contributed by atoms with Crippen LogP contribution in [0, 0.1) is 5.41 Å². The van der Waals surface area contributed by atoms with E-state index in [2.05, 4.69) is 44.4 Å². The van der Waals surface area contributed by atoms with Gasteiger partial charge >= 0.3 is 0 Å². The van der Waals surface area contributed by atoms with Gasteiger partial charge in [0.1, 0.15) is 11.5 Å². The fourth-order valence-corrected chi connectivity index (χ4v) is 3.48. The number of ether oxygens (including phenoxy) is 1. The van der Waals surface area contributed by atoms with E-state index in [9.17, 15) is 10.2 Å². The molecule has 0 spiro atoms. The van der Waals surface area contributed by atoms with E-state index in [1.165, 1.54) is 0 Å². The summed E-state index contributed by atoms with van der Waals surface area (Å²) in [6.07, 6.45) is 13.0. The first kappa shape index (κ1) is 22.3. The summed E-state index contributed by atoms with van der Waals surface area (Å²) in [7, 11) is 0. The second-order valence-corrected chi connectivity index (χ2v) is 7.23. The summed E-state index contributed by atoms with van der Waals surface area (Å²) in [5.74, 6) is 0.713. The summed E-state index contributed by atoms with van der Waals surface area (Å²) in [5, 5.41) is 19.1. The van der Waals surface area contributed by atoms with Gasteiger partial charge in [0.2, 0.25) is 0 Å². The van der Waals surface area contributed by atoms with Crippen molar-refractivity contribution in [3.63, 3.8) is 0 Å². The molecule has 3 rings (SSSR count). The highest BCUT2D eigenvalue weighted by atomic mass is 16.5. The third kappa shape index (κ3) is 6.51. The van der Waals surface area contributed by atoms with Crippen LogP contribution in [-0.2, 0) is 4.74 Å². The summed E-state index contributed by atoms with van der Waals surface area (Å²) in [4.78, 5) is 0. The van der Waals surface area contributed by atoms with Crippen LogP contribution >= 0.6 is 0 Å². The Balaban J connectivity index is 0.000000370. The van der Waals surface area contributed by atoms with Crippen molar-refractivity contribution in [3.05, 3.63) is 109 Å². The van der Waals surface area contributed by atoms with Gasteiger partial charge in [-0.3, -0.25) is 0 Å². The van der Waals surface area contributed by atoms with Crippen LogP contribution < -0.4 is 0 Å². The summed E-state index contributed by atoms with van der Waals surface area (Å²) in [6.45, 7) is 10.4. The van der Waals surface area contributed by atoms with Gasteiger partial charge in [0.05, 0.1) is 13.2 Å². The number of phenols is 2. The highest BCUT2D eigenvalue weighted by Crippen LogP contribution is 2.46. The largest absolute Gasteiger partial charge is 0.508 e. The fourth-order valence-electron chi connectivity index (χ4n) is 3.48. The molecule has 0 fully saturated rings. The Morgan fingerprint density at radius 2 is 1.38 bits per heavy atom. The van der Waals surface area contributed by atoms with Crippen LogP contribution in [0.25, 0.3) is 0 Å². The number of hydrogen-bond acceptors (Lipinski definition) is 3. The van der Waals surface area contributed by atoms with Crippen molar-refractivity contribution in [1.29, 1.82) is 0 Å². The van der Waals surface area contributed by atoms with E-state index >= 15 is 0 Å². The van der Waals surface area contributed by atoms with Crippen LogP contribution in [-0.4, -0.2) is 23.4 Å². The lowest BCUT2D eigenvalue weighted by Gasteiger charge is -2.37. The zero-order valence-corrected chi connectivity index (χ0v) is 17.0. The standard InChI is InChI=1S/C20H20O2.C6H10O/c1-20(13-3-2-4-14-20)19(15-5-9-17(21)10-6-15)16-7-11-18(22)12-8-16;1-3-5-7-6-4-2/h2-13,19,21-22H,14H2,1H3;3-4H,1-2,5-6H2. The third-order valence-electron chi connectivity index (χ3n) is 4.87. The summed E-state index contributed by atoms with van der Waals surface area (Å²) in [5.41, 5.74) is 2.28. The lowest BCUT2D eigenvalue weighted by atomic mass is 9.67. The van der Waals surface area contributed by atoms with Gasteiger partial charge in [-0.15, -0.1) is 13.2 Å². The first-order valence-corrected chi connectivity index (χ1v) is 9.72. The molecule has 2 aromatic rings. The molecule has 0 saturated heterocycles. The average molecular weight is 391 g/mol. The first-order valence-electron chi connectivity index (χ1n) is 9.72. The monoisotopic (exact) mass is 390 g/mol. The van der Waals surface area contributed by atoms with E-state index < -0.39 is 0 Å². The van der Waals surface area contributed by atoms with Crippen LogP contribution in [0.15, 0.2) is 98.1 Å². The Bertz CT molecular complexity index is 778. The first-order chi connectivity index (χ1) is 14.0. The zero-order chi connectivity index (χ0) is 21.1. The Labute approximate surface area is 174 Å². The lowest BCUT2D eigenvalue weighted by molar-refractivity contribution is 0.194. The molecule has 2 N–H and O–H groups in total. The molecular formula is C26H30O3. The number of aromatic hydroxyl groups is 2. The fraction of sp³-hybridized carbons (Fsp3) is 0.231. The van der Waals surface area contributed by atoms with Crippen LogP contribution in [0.2, 0.25) is 0 Å². The molecule has 1 unspecified atom stereocenters. The van der Waals surface area contributed by atoms with Gasteiger partial charge in [0.25, 0.3) is 0 Å². The van der Waals surface area contributed by atoms with Crippen LogP contribution in [0.1, 0.15) is 30.4 Å². The van der Waals surface area contributed by atoms with Gasteiger partial charge in [0, 0.05) is 11.3 Å². The molecule has 1 aliphatic carbocycles. The number of hydrogen-bond donors (Lipinski definition) is 2. The van der Waals surface area contributed by atoms with E-state index in [0.29, 0.717) is 13.2 Å². The quantitative estimate of drug-likeness (QED) is 0.442. The molecule has 0 aliphatic heterocycles. The minimum atomic E-state index is -0.0390. The molecule has 0 aromatic heterocycles. The van der Waals surface area contributed by atoms with Crippen LogP contribution in [0.3, 0.4) is 0 Å². The second-order valence-electron chi connectivity index (χ2n) is 7.23. The van der Waals surface area contributed by atoms with Crippen LogP contribution in [0.5, 0.6) is 11.5 Å². The number of rotatable bonds is 7. The highest BCUT2D eigenvalue weighted by molar-refractivity contribution is 5.41. The highest BCUT2D eigenvalue weighted by Gasteiger charge is 2.34. The molecule has 3 heteroatoms. The number of phenolic OH excluding ortho intramolecular Hbond substituents is 2. The second kappa shape index (κ2) is 11.1. The molecule has 3 nitrogen and oxygen atoms in total. The predicted octanol–water partition coefficient (Wildman–Crippen LogP) is 6.13. The molecule has 2 aromatic carbocycles. The van der Waals surface area contributed by atoms with Gasteiger partial charge in [-0.1, -0.05) is 67.6 Å². The molecule has 1 aliphatic rings. The van der Waals surface area contributed by atoms with Crippen molar-refractivity contribution in [3.8, 4) is 11.5 Å². The Morgan fingerprint density at radius 3 is 1.76 bits per heavy atom. The lowest BCUT2D eigenvalue weighted by Crippen LogP contribution is -2.25. The van der Waals surface area contributed by atoms with E-state index in [1.807, 2.05) is 24.3 Å². The van der Waals surface area contributed by atoms with E-state index in [4.69, 9.17) is 4.74 Å². The maximum absolute atomic E-state index is 9.56. The normalized spacial score (nSPS) is 17.4. The van der Waals surface area contributed by atoms with Crippen molar-refractivity contribution in [2.75, 3.05) is 13.2 Å². The van der Waals surface area contributed by atoms with Gasteiger partial charge in [-0.05, 0) is 41.8 Å². The molecule has 152 valence electrons. The van der Waals surface area contributed by atoms with Gasteiger partial charge in [-0.25, -0.2) is 0 Å². The van der Waals surface area contributed by atoms with Crippen LogP contribution in [0.4, 0.5) is 0 Å². The van der Waals surface area contributed by atoms with E-state index in [-0.39, 0.29) is 22.8 Å². The maximum atomic E-state index is 9.56. The van der Waals surface area contributed by atoms with Gasteiger partial charge in [-0.2, -0.15) is 0 Å². The predicted molar refractivity (Wildman–Crippen MR) is 120 cm³/mol. The average Bonchev–Trinajstić information content (AvgIpc) is 2.72. The Kier molecular flexibility index (Phi) is 8.50. The van der Waals surface area contributed by atoms with Gasteiger partial charge in [0.15, 0.2) is 0 Å². The minimum Gasteiger partial charge on any atom is -0.508 e. The molecular weight excluding hydrogens is 360 g/mol. The van der Waals surface area contributed by atoms with Crippen molar-refractivity contribution in [2.24, 2.45) is 5.41 Å². The van der Waals surface area contributed by atoms with Crippen molar-refractivity contribution >= 4 is 0 Å². The van der Waals surface area contributed by atoms with Crippen molar-refractivity contribution < 1.29 is 14.9 Å². The smallest absolute Gasteiger partial charge is 0.115 e. The molecule has 0 amide bonds. The molecule has 1 atom stereocenters.